The summed E-state index contributed by atoms with van der Waals surface area (Å²) in [6.45, 7) is 3.08. The molecular weight excluding hydrogens is 397 g/mol. The molecule has 0 spiro atoms. The first-order chi connectivity index (χ1) is 10.1. The van der Waals surface area contributed by atoms with Gasteiger partial charge in [0.05, 0.1) is 4.47 Å². The van der Waals surface area contributed by atoms with Crippen molar-refractivity contribution in [2.45, 2.75) is 25.8 Å². The van der Waals surface area contributed by atoms with Crippen molar-refractivity contribution in [3.05, 3.63) is 68.4 Å². The second-order valence-corrected chi connectivity index (χ2v) is 6.68. The van der Waals surface area contributed by atoms with E-state index in [0.717, 1.165) is 29.4 Å². The van der Waals surface area contributed by atoms with Gasteiger partial charge in [-0.15, -0.1) is 0 Å². The lowest BCUT2D eigenvalue weighted by molar-refractivity contribution is 0.525. The van der Waals surface area contributed by atoms with Gasteiger partial charge in [0.25, 0.3) is 0 Å². The summed E-state index contributed by atoms with van der Waals surface area (Å²) in [7, 11) is 0. The molecule has 0 aliphatic heterocycles. The van der Waals surface area contributed by atoms with Gasteiger partial charge in [-0.3, -0.25) is 0 Å². The average Bonchev–Trinajstić information content (AvgIpc) is 2.49. The zero-order valence-corrected chi connectivity index (χ0v) is 15.0. The third kappa shape index (κ3) is 4.63. The first-order valence-electron chi connectivity index (χ1n) is 7.03. The maximum Gasteiger partial charge on any atom is 0.137 e. The zero-order chi connectivity index (χ0) is 15.2. The van der Waals surface area contributed by atoms with Crippen molar-refractivity contribution >= 4 is 31.9 Å². The summed E-state index contributed by atoms with van der Waals surface area (Å²) < 4.78 is 15.3. The number of nitrogens with one attached hydrogen (secondary N) is 1. The molecule has 0 bridgehead atoms. The lowest BCUT2D eigenvalue weighted by atomic mass is 9.98. The minimum Gasteiger partial charge on any atom is -0.310 e. The minimum atomic E-state index is -0.211. The largest absolute Gasteiger partial charge is 0.310 e. The number of hydrogen-bond donors (Lipinski definition) is 1. The second kappa shape index (κ2) is 8.06. The summed E-state index contributed by atoms with van der Waals surface area (Å²) in [6.07, 6.45) is 1.82. The molecule has 0 amide bonds. The highest BCUT2D eigenvalue weighted by Gasteiger charge is 2.14. The number of rotatable bonds is 6. The molecule has 2 rings (SSSR count). The molecule has 0 saturated heterocycles. The van der Waals surface area contributed by atoms with E-state index < -0.39 is 0 Å². The third-order valence-corrected chi connectivity index (χ3v) is 4.79. The van der Waals surface area contributed by atoms with Gasteiger partial charge < -0.3 is 5.32 Å². The molecule has 1 N–H and O–H groups in total. The van der Waals surface area contributed by atoms with Crippen LogP contribution in [0.5, 0.6) is 0 Å². The molecule has 0 radical (unpaired) electrons. The zero-order valence-electron chi connectivity index (χ0n) is 11.9. The predicted octanol–water partition coefficient (Wildman–Crippen LogP) is 5.63. The van der Waals surface area contributed by atoms with E-state index in [9.17, 15) is 4.39 Å². The summed E-state index contributed by atoms with van der Waals surface area (Å²) >= 11 is 6.81. The Labute approximate surface area is 142 Å². The van der Waals surface area contributed by atoms with E-state index in [0.29, 0.717) is 4.47 Å². The van der Waals surface area contributed by atoms with Crippen LogP contribution in [0.3, 0.4) is 0 Å². The Balaban J connectivity index is 2.23. The fourth-order valence-electron chi connectivity index (χ4n) is 2.25. The highest BCUT2D eigenvalue weighted by molar-refractivity contribution is 9.10. The van der Waals surface area contributed by atoms with Gasteiger partial charge in [0.1, 0.15) is 5.82 Å². The normalized spacial score (nSPS) is 12.4. The summed E-state index contributed by atoms with van der Waals surface area (Å²) in [5.41, 5.74) is 2.19. The highest BCUT2D eigenvalue weighted by Crippen LogP contribution is 2.26. The van der Waals surface area contributed by atoms with Crippen molar-refractivity contribution in [2.75, 3.05) is 6.54 Å². The Bertz CT molecular complexity index is 584. The summed E-state index contributed by atoms with van der Waals surface area (Å²) in [5.74, 6) is -0.211. The van der Waals surface area contributed by atoms with E-state index in [2.05, 4.69) is 56.2 Å². The lowest BCUT2D eigenvalue weighted by Crippen LogP contribution is -2.24. The maximum atomic E-state index is 13.7. The molecule has 0 aliphatic carbocycles. The minimum absolute atomic E-state index is 0.177. The van der Waals surface area contributed by atoms with E-state index in [1.807, 2.05) is 18.2 Å². The van der Waals surface area contributed by atoms with E-state index in [-0.39, 0.29) is 11.9 Å². The van der Waals surface area contributed by atoms with Crippen LogP contribution in [-0.4, -0.2) is 6.54 Å². The standard InChI is InChI=1S/C17H18Br2FN/c1-2-10-21-16(12-6-8-14(18)9-7-12)11-13-4-3-5-15(20)17(13)19/h3-9,16,21H,2,10-11H2,1H3. The van der Waals surface area contributed by atoms with Crippen LogP contribution in [0.2, 0.25) is 0 Å². The fourth-order valence-corrected chi connectivity index (χ4v) is 2.94. The smallest absolute Gasteiger partial charge is 0.137 e. The Kier molecular flexibility index (Phi) is 6.40. The van der Waals surface area contributed by atoms with Crippen molar-refractivity contribution in [2.24, 2.45) is 0 Å². The molecule has 112 valence electrons. The van der Waals surface area contributed by atoms with Crippen molar-refractivity contribution in [1.82, 2.24) is 5.32 Å². The molecule has 2 aromatic carbocycles. The molecule has 1 atom stereocenters. The SMILES string of the molecule is CCCNC(Cc1cccc(F)c1Br)c1ccc(Br)cc1. The van der Waals surface area contributed by atoms with Crippen LogP contribution in [0.15, 0.2) is 51.4 Å². The van der Waals surface area contributed by atoms with Gasteiger partial charge in [0, 0.05) is 10.5 Å². The van der Waals surface area contributed by atoms with E-state index >= 15 is 0 Å². The van der Waals surface area contributed by atoms with Gasteiger partial charge in [0.2, 0.25) is 0 Å². The number of hydrogen-bond acceptors (Lipinski definition) is 1. The van der Waals surface area contributed by atoms with Crippen LogP contribution >= 0.6 is 31.9 Å². The quantitative estimate of drug-likeness (QED) is 0.645. The second-order valence-electron chi connectivity index (χ2n) is 4.98. The molecule has 0 fully saturated rings. The predicted molar refractivity (Wildman–Crippen MR) is 93.0 cm³/mol. The van der Waals surface area contributed by atoms with Crippen LogP contribution < -0.4 is 5.32 Å². The maximum absolute atomic E-state index is 13.7. The molecule has 0 heterocycles. The van der Waals surface area contributed by atoms with Crippen molar-refractivity contribution in [3.8, 4) is 0 Å². The van der Waals surface area contributed by atoms with Gasteiger partial charge in [-0.1, -0.05) is 47.1 Å². The fraction of sp³-hybridized carbons (Fsp3) is 0.294. The van der Waals surface area contributed by atoms with Gasteiger partial charge in [-0.25, -0.2) is 4.39 Å². The van der Waals surface area contributed by atoms with Gasteiger partial charge in [-0.05, 0) is 64.6 Å². The van der Waals surface area contributed by atoms with Crippen LogP contribution in [0.1, 0.15) is 30.5 Å². The van der Waals surface area contributed by atoms with Crippen LogP contribution in [0.4, 0.5) is 4.39 Å². The van der Waals surface area contributed by atoms with Crippen LogP contribution in [-0.2, 0) is 6.42 Å². The van der Waals surface area contributed by atoms with Crippen molar-refractivity contribution in [3.63, 3.8) is 0 Å². The van der Waals surface area contributed by atoms with E-state index in [4.69, 9.17) is 0 Å². The first-order valence-corrected chi connectivity index (χ1v) is 8.62. The van der Waals surface area contributed by atoms with Crippen molar-refractivity contribution < 1.29 is 4.39 Å². The molecule has 1 nitrogen and oxygen atoms in total. The molecule has 0 aromatic heterocycles. The van der Waals surface area contributed by atoms with Crippen LogP contribution in [0.25, 0.3) is 0 Å². The Morgan fingerprint density at radius 2 is 1.81 bits per heavy atom. The lowest BCUT2D eigenvalue weighted by Gasteiger charge is -2.20. The number of halogens is 3. The Hall–Kier alpha value is -0.710. The Morgan fingerprint density at radius 1 is 1.10 bits per heavy atom. The Morgan fingerprint density at radius 3 is 2.48 bits per heavy atom. The van der Waals surface area contributed by atoms with Crippen LogP contribution in [0, 0.1) is 5.82 Å². The molecule has 2 aromatic rings. The summed E-state index contributed by atoms with van der Waals surface area (Å²) in [6, 6.07) is 13.7. The topological polar surface area (TPSA) is 12.0 Å². The van der Waals surface area contributed by atoms with E-state index in [1.54, 1.807) is 6.07 Å². The molecule has 4 heteroatoms. The summed E-state index contributed by atoms with van der Waals surface area (Å²) in [4.78, 5) is 0. The number of benzene rings is 2. The highest BCUT2D eigenvalue weighted by atomic mass is 79.9. The molecule has 21 heavy (non-hydrogen) atoms. The first kappa shape index (κ1) is 16.7. The summed E-state index contributed by atoms with van der Waals surface area (Å²) in [5, 5.41) is 3.54. The van der Waals surface area contributed by atoms with Crippen molar-refractivity contribution in [1.29, 1.82) is 0 Å². The third-order valence-electron chi connectivity index (χ3n) is 3.37. The molecule has 0 saturated carbocycles. The van der Waals surface area contributed by atoms with Gasteiger partial charge >= 0.3 is 0 Å². The van der Waals surface area contributed by atoms with E-state index in [1.165, 1.54) is 11.6 Å². The molecule has 1 unspecified atom stereocenters. The monoisotopic (exact) mass is 413 g/mol. The van der Waals surface area contributed by atoms with Gasteiger partial charge in [0.15, 0.2) is 0 Å². The van der Waals surface area contributed by atoms with Gasteiger partial charge in [-0.2, -0.15) is 0 Å². The molecule has 0 aliphatic rings. The average molecular weight is 415 g/mol. The molecular formula is C17H18Br2FN.